The van der Waals surface area contributed by atoms with Crippen molar-refractivity contribution >= 4 is 23.4 Å². The van der Waals surface area contributed by atoms with Crippen LogP contribution in [0.3, 0.4) is 0 Å². The van der Waals surface area contributed by atoms with Crippen molar-refractivity contribution in [1.82, 2.24) is 10.1 Å². The molecule has 0 aliphatic rings. The molecule has 1 aromatic heterocycles. The van der Waals surface area contributed by atoms with Gasteiger partial charge in [-0.15, -0.1) is 0 Å². The molecule has 0 saturated carbocycles. The highest BCUT2D eigenvalue weighted by Gasteiger charge is 2.24. The molecule has 0 bridgehead atoms. The Kier molecular flexibility index (Phi) is 5.16. The smallest absolute Gasteiger partial charge is 0.248 e. The van der Waals surface area contributed by atoms with Crippen LogP contribution in [-0.2, 0) is 4.79 Å². The van der Waals surface area contributed by atoms with E-state index in [1.807, 2.05) is 61.5 Å². The second kappa shape index (κ2) is 7.51. The zero-order valence-corrected chi connectivity index (χ0v) is 14.7. The Balaban J connectivity index is 1.77. The summed E-state index contributed by atoms with van der Waals surface area (Å²) in [5, 5.41) is 7.44. The number of rotatable bonds is 5. The molecule has 1 N–H and O–H groups in total. The van der Waals surface area contributed by atoms with Gasteiger partial charge in [-0.1, -0.05) is 59.2 Å². The van der Waals surface area contributed by atoms with Gasteiger partial charge < -0.3 is 4.52 Å². The van der Waals surface area contributed by atoms with Crippen LogP contribution < -0.4 is 5.32 Å². The van der Waals surface area contributed by atoms with E-state index < -0.39 is 6.04 Å². The van der Waals surface area contributed by atoms with E-state index in [0.717, 1.165) is 11.1 Å². The Labute approximate surface area is 151 Å². The van der Waals surface area contributed by atoms with Gasteiger partial charge >= 0.3 is 0 Å². The summed E-state index contributed by atoms with van der Waals surface area (Å²) in [6.07, 6.45) is 0. The maximum atomic E-state index is 12.7. The topological polar surface area (TPSA) is 58.4 Å². The first kappa shape index (κ1) is 17.2. The maximum absolute atomic E-state index is 12.7. The van der Waals surface area contributed by atoms with Crippen LogP contribution in [0.4, 0.5) is 5.88 Å². The van der Waals surface area contributed by atoms with Crippen molar-refractivity contribution in [2.24, 2.45) is 0 Å². The molecule has 1 amide bonds. The Bertz CT molecular complexity index is 845. The van der Waals surface area contributed by atoms with Crippen LogP contribution in [0, 0.1) is 0 Å². The lowest BCUT2D eigenvalue weighted by Crippen LogP contribution is -2.32. The molecule has 6 heteroatoms. The Hall–Kier alpha value is -2.63. The van der Waals surface area contributed by atoms with E-state index in [9.17, 15) is 4.79 Å². The number of hydrogen-bond acceptors (Lipinski definition) is 4. The van der Waals surface area contributed by atoms with Crippen molar-refractivity contribution in [2.45, 2.75) is 6.04 Å². The molecular formula is C19H18ClN3O2. The third-order valence-electron chi connectivity index (χ3n) is 3.78. The van der Waals surface area contributed by atoms with E-state index in [1.54, 1.807) is 18.2 Å². The van der Waals surface area contributed by atoms with E-state index in [0.29, 0.717) is 16.6 Å². The third kappa shape index (κ3) is 4.07. The van der Waals surface area contributed by atoms with Crippen molar-refractivity contribution < 1.29 is 9.32 Å². The average Bonchev–Trinajstić information content (AvgIpc) is 3.04. The van der Waals surface area contributed by atoms with E-state index in [-0.39, 0.29) is 5.91 Å². The summed E-state index contributed by atoms with van der Waals surface area (Å²) < 4.78 is 5.25. The predicted molar refractivity (Wildman–Crippen MR) is 98.4 cm³/mol. The SMILES string of the molecule is CN(C)C(C(=O)Nc1cc(-c2ccc(Cl)cc2)no1)c1ccccc1. The van der Waals surface area contributed by atoms with Gasteiger partial charge in [0.05, 0.1) is 0 Å². The van der Waals surface area contributed by atoms with Gasteiger partial charge in [0.1, 0.15) is 11.7 Å². The highest BCUT2D eigenvalue weighted by molar-refractivity contribution is 6.30. The first-order valence-electron chi connectivity index (χ1n) is 7.79. The molecule has 1 unspecified atom stereocenters. The second-order valence-corrected chi connectivity index (χ2v) is 6.29. The van der Waals surface area contributed by atoms with Gasteiger partial charge in [0.25, 0.3) is 0 Å². The molecule has 3 aromatic rings. The van der Waals surface area contributed by atoms with Crippen molar-refractivity contribution in [3.05, 3.63) is 71.2 Å². The lowest BCUT2D eigenvalue weighted by atomic mass is 10.1. The van der Waals surface area contributed by atoms with Crippen molar-refractivity contribution in [2.75, 3.05) is 19.4 Å². The summed E-state index contributed by atoms with van der Waals surface area (Å²) in [6, 6.07) is 18.1. The molecule has 0 saturated heterocycles. The van der Waals surface area contributed by atoms with Gasteiger partial charge in [-0.05, 0) is 31.8 Å². The van der Waals surface area contributed by atoms with Crippen molar-refractivity contribution in [1.29, 1.82) is 0 Å². The van der Waals surface area contributed by atoms with Gasteiger partial charge in [-0.2, -0.15) is 0 Å². The molecule has 128 valence electrons. The Morgan fingerprint density at radius 3 is 2.44 bits per heavy atom. The molecule has 0 spiro atoms. The van der Waals surface area contributed by atoms with Crippen LogP contribution in [0.5, 0.6) is 0 Å². The number of nitrogens with zero attached hydrogens (tertiary/aromatic N) is 2. The van der Waals surface area contributed by atoms with Crippen LogP contribution in [0.15, 0.2) is 65.2 Å². The minimum Gasteiger partial charge on any atom is -0.338 e. The normalized spacial score (nSPS) is 12.2. The molecule has 1 atom stereocenters. The van der Waals surface area contributed by atoms with Crippen LogP contribution >= 0.6 is 11.6 Å². The summed E-state index contributed by atoms with van der Waals surface area (Å²) in [5.41, 5.74) is 2.40. The number of aromatic nitrogens is 1. The molecule has 5 nitrogen and oxygen atoms in total. The molecule has 0 aliphatic heterocycles. The van der Waals surface area contributed by atoms with Crippen LogP contribution in [0.25, 0.3) is 11.3 Å². The Morgan fingerprint density at radius 1 is 1.12 bits per heavy atom. The zero-order chi connectivity index (χ0) is 17.8. The minimum absolute atomic E-state index is 0.185. The number of carbonyl (C=O) groups is 1. The molecule has 0 fully saturated rings. The predicted octanol–water partition coefficient (Wildman–Crippen LogP) is 4.24. The first-order valence-corrected chi connectivity index (χ1v) is 8.17. The number of nitrogens with one attached hydrogen (secondary N) is 1. The van der Waals surface area contributed by atoms with Crippen molar-refractivity contribution in [3.8, 4) is 11.3 Å². The summed E-state index contributed by atoms with van der Waals surface area (Å²) in [5.74, 6) is 0.118. The molecule has 2 aromatic carbocycles. The summed E-state index contributed by atoms with van der Waals surface area (Å²) in [7, 11) is 3.72. The quantitative estimate of drug-likeness (QED) is 0.743. The summed E-state index contributed by atoms with van der Waals surface area (Å²) >= 11 is 5.89. The number of halogens is 1. The van der Waals surface area contributed by atoms with E-state index >= 15 is 0 Å². The number of hydrogen-bond donors (Lipinski definition) is 1. The van der Waals surface area contributed by atoms with Crippen LogP contribution in [-0.4, -0.2) is 30.1 Å². The highest BCUT2D eigenvalue weighted by Crippen LogP contribution is 2.25. The fourth-order valence-corrected chi connectivity index (χ4v) is 2.73. The standard InChI is InChI=1S/C19H18ClN3O2/c1-23(2)18(14-6-4-3-5-7-14)19(24)21-17-12-16(22-25-17)13-8-10-15(20)11-9-13/h3-12,18H,1-2H3,(H,21,24). The lowest BCUT2D eigenvalue weighted by molar-refractivity contribution is -0.120. The molecule has 0 radical (unpaired) electrons. The van der Waals surface area contributed by atoms with Gasteiger partial charge in [0.15, 0.2) is 0 Å². The van der Waals surface area contributed by atoms with Crippen LogP contribution in [0.1, 0.15) is 11.6 Å². The zero-order valence-electron chi connectivity index (χ0n) is 13.9. The van der Waals surface area contributed by atoms with E-state index in [2.05, 4.69) is 10.5 Å². The molecule has 1 heterocycles. The Morgan fingerprint density at radius 2 is 1.80 bits per heavy atom. The largest absolute Gasteiger partial charge is 0.338 e. The highest BCUT2D eigenvalue weighted by atomic mass is 35.5. The number of carbonyl (C=O) groups excluding carboxylic acids is 1. The minimum atomic E-state index is -0.426. The van der Waals surface area contributed by atoms with Crippen molar-refractivity contribution in [3.63, 3.8) is 0 Å². The third-order valence-corrected chi connectivity index (χ3v) is 4.03. The molecular weight excluding hydrogens is 338 g/mol. The number of likely N-dealkylation sites (N-methyl/N-ethyl adjacent to an activating group) is 1. The summed E-state index contributed by atoms with van der Waals surface area (Å²) in [4.78, 5) is 14.5. The second-order valence-electron chi connectivity index (χ2n) is 5.85. The summed E-state index contributed by atoms with van der Waals surface area (Å²) in [6.45, 7) is 0. The van der Waals surface area contributed by atoms with E-state index in [4.69, 9.17) is 16.1 Å². The number of amides is 1. The fourth-order valence-electron chi connectivity index (χ4n) is 2.60. The number of anilines is 1. The lowest BCUT2D eigenvalue weighted by Gasteiger charge is -2.23. The molecule has 0 aliphatic carbocycles. The van der Waals surface area contributed by atoms with E-state index in [1.165, 1.54) is 0 Å². The maximum Gasteiger partial charge on any atom is 0.248 e. The van der Waals surface area contributed by atoms with Gasteiger partial charge in [-0.25, -0.2) is 0 Å². The molecule has 25 heavy (non-hydrogen) atoms. The fraction of sp³-hybridized carbons (Fsp3) is 0.158. The van der Waals surface area contributed by atoms with Gasteiger partial charge in [-0.3, -0.25) is 15.0 Å². The molecule has 3 rings (SSSR count). The van der Waals surface area contributed by atoms with Crippen LogP contribution in [0.2, 0.25) is 5.02 Å². The van der Waals surface area contributed by atoms with Gasteiger partial charge in [0, 0.05) is 16.7 Å². The first-order chi connectivity index (χ1) is 12.0. The van der Waals surface area contributed by atoms with Gasteiger partial charge in [0.2, 0.25) is 11.8 Å². The average molecular weight is 356 g/mol. The number of benzene rings is 2. The monoisotopic (exact) mass is 355 g/mol.